The molecule has 19 heavy (non-hydrogen) atoms. The third-order valence-electron chi connectivity index (χ3n) is 2.62. The van der Waals surface area contributed by atoms with E-state index in [4.69, 9.17) is 25.5 Å². The summed E-state index contributed by atoms with van der Waals surface area (Å²) in [5.74, 6) is 2.04. The molecule has 0 saturated carbocycles. The van der Waals surface area contributed by atoms with E-state index >= 15 is 0 Å². The van der Waals surface area contributed by atoms with E-state index in [0.717, 1.165) is 15.8 Å². The maximum absolute atomic E-state index is 5.79. The van der Waals surface area contributed by atoms with Crippen molar-refractivity contribution in [2.45, 2.75) is 4.83 Å². The summed E-state index contributed by atoms with van der Waals surface area (Å²) in [5.41, 5.74) is 0.962. The second-order valence-corrected chi connectivity index (χ2v) is 5.88. The maximum atomic E-state index is 5.79. The van der Waals surface area contributed by atoms with Gasteiger partial charge in [-0.1, -0.05) is 31.9 Å². The van der Waals surface area contributed by atoms with Gasteiger partial charge in [-0.05, 0) is 41.4 Å². The van der Waals surface area contributed by atoms with Crippen LogP contribution in [0.3, 0.4) is 0 Å². The summed E-state index contributed by atoms with van der Waals surface area (Å²) in [6.07, 6.45) is 0. The lowest BCUT2D eigenvalue weighted by Gasteiger charge is -2.14. The normalized spacial score (nSPS) is 12.3. The zero-order valence-corrected chi connectivity index (χ0v) is 14.2. The van der Waals surface area contributed by atoms with E-state index in [0.29, 0.717) is 16.7 Å². The third kappa shape index (κ3) is 3.09. The summed E-state index contributed by atoms with van der Waals surface area (Å²) in [4.78, 5) is -0.130. The average Bonchev–Trinajstić information content (AvgIpc) is 2.84. The lowest BCUT2D eigenvalue weighted by atomic mass is 10.1. The van der Waals surface area contributed by atoms with Crippen LogP contribution in [0.25, 0.3) is 0 Å². The van der Waals surface area contributed by atoms with Crippen LogP contribution in [0.1, 0.15) is 16.2 Å². The highest BCUT2D eigenvalue weighted by Gasteiger charge is 2.20. The fourth-order valence-electron chi connectivity index (χ4n) is 1.68. The predicted molar refractivity (Wildman–Crippen MR) is 81.7 cm³/mol. The van der Waals surface area contributed by atoms with Crippen LogP contribution in [0.15, 0.2) is 33.2 Å². The SMILES string of the molecule is COc1cc(Br)c(C(Br)c2ccc(Cl)o2)cc1OC. The molecule has 3 nitrogen and oxygen atoms in total. The smallest absolute Gasteiger partial charge is 0.193 e. The number of hydrogen-bond donors (Lipinski definition) is 0. The van der Waals surface area contributed by atoms with Crippen molar-refractivity contribution in [2.24, 2.45) is 0 Å². The molecule has 0 saturated heterocycles. The van der Waals surface area contributed by atoms with Gasteiger partial charge in [0.25, 0.3) is 0 Å². The Labute approximate surface area is 133 Å². The van der Waals surface area contributed by atoms with Crippen molar-refractivity contribution in [3.63, 3.8) is 0 Å². The van der Waals surface area contributed by atoms with Crippen LogP contribution in [0, 0.1) is 0 Å². The minimum atomic E-state index is -0.130. The Morgan fingerprint density at radius 1 is 1.16 bits per heavy atom. The Morgan fingerprint density at radius 3 is 2.32 bits per heavy atom. The number of halogens is 3. The third-order valence-corrected chi connectivity index (χ3v) is 4.45. The Bertz CT molecular complexity index is 583. The van der Waals surface area contributed by atoms with Crippen LogP contribution in [0.4, 0.5) is 0 Å². The Balaban J connectivity index is 2.44. The molecule has 2 aromatic rings. The largest absolute Gasteiger partial charge is 0.493 e. The van der Waals surface area contributed by atoms with Crippen LogP contribution >= 0.6 is 43.5 Å². The van der Waals surface area contributed by atoms with Gasteiger partial charge in [-0.2, -0.15) is 0 Å². The van der Waals surface area contributed by atoms with E-state index in [9.17, 15) is 0 Å². The number of methoxy groups -OCH3 is 2. The van der Waals surface area contributed by atoms with Gasteiger partial charge in [0.1, 0.15) is 5.76 Å². The molecule has 0 fully saturated rings. The molecule has 1 aromatic carbocycles. The molecule has 1 heterocycles. The second-order valence-electron chi connectivity index (χ2n) is 3.73. The van der Waals surface area contributed by atoms with E-state index in [1.54, 1.807) is 20.3 Å². The van der Waals surface area contributed by atoms with Gasteiger partial charge < -0.3 is 13.9 Å². The first-order valence-corrected chi connectivity index (χ1v) is 7.46. The molecule has 0 aliphatic heterocycles. The number of rotatable bonds is 4. The van der Waals surface area contributed by atoms with Crippen molar-refractivity contribution < 1.29 is 13.9 Å². The molecular weight excluding hydrogens is 399 g/mol. The summed E-state index contributed by atoms with van der Waals surface area (Å²) in [5, 5.41) is 0.357. The van der Waals surface area contributed by atoms with Crippen LogP contribution in [-0.2, 0) is 0 Å². The number of ether oxygens (including phenoxy) is 2. The van der Waals surface area contributed by atoms with Crippen molar-refractivity contribution in [2.75, 3.05) is 14.2 Å². The van der Waals surface area contributed by atoms with E-state index in [-0.39, 0.29) is 4.83 Å². The molecular formula is C13H11Br2ClO3. The summed E-state index contributed by atoms with van der Waals surface area (Å²) in [6, 6.07) is 7.27. The average molecular weight is 410 g/mol. The number of hydrogen-bond acceptors (Lipinski definition) is 3. The monoisotopic (exact) mass is 408 g/mol. The van der Waals surface area contributed by atoms with Gasteiger partial charge in [-0.15, -0.1) is 0 Å². The minimum Gasteiger partial charge on any atom is -0.493 e. The van der Waals surface area contributed by atoms with Crippen molar-refractivity contribution in [1.82, 2.24) is 0 Å². The van der Waals surface area contributed by atoms with E-state index in [1.807, 2.05) is 18.2 Å². The van der Waals surface area contributed by atoms with Gasteiger partial charge in [-0.25, -0.2) is 0 Å². The van der Waals surface area contributed by atoms with Gasteiger partial charge in [0.15, 0.2) is 16.7 Å². The second kappa shape index (κ2) is 6.20. The van der Waals surface area contributed by atoms with Crippen LogP contribution < -0.4 is 9.47 Å². The van der Waals surface area contributed by atoms with Gasteiger partial charge >= 0.3 is 0 Å². The fraction of sp³-hybridized carbons (Fsp3) is 0.231. The summed E-state index contributed by atoms with van der Waals surface area (Å²) in [6.45, 7) is 0. The molecule has 0 radical (unpaired) electrons. The van der Waals surface area contributed by atoms with Crippen molar-refractivity contribution >= 4 is 43.5 Å². The van der Waals surface area contributed by atoms with Gasteiger partial charge in [0, 0.05) is 4.47 Å². The molecule has 1 unspecified atom stereocenters. The number of benzene rings is 1. The quantitative estimate of drug-likeness (QED) is 0.650. The lowest BCUT2D eigenvalue weighted by molar-refractivity contribution is 0.354. The van der Waals surface area contributed by atoms with Crippen molar-refractivity contribution in [3.05, 3.63) is 45.3 Å². The van der Waals surface area contributed by atoms with Crippen LogP contribution in [-0.4, -0.2) is 14.2 Å². The molecule has 6 heteroatoms. The minimum absolute atomic E-state index is 0.130. The highest BCUT2D eigenvalue weighted by atomic mass is 79.9. The summed E-state index contributed by atoms with van der Waals surface area (Å²) >= 11 is 12.9. The van der Waals surface area contributed by atoms with Gasteiger partial charge in [0.05, 0.1) is 19.0 Å². The first-order chi connectivity index (χ1) is 9.06. The molecule has 102 valence electrons. The Kier molecular flexibility index (Phi) is 4.81. The molecule has 1 atom stereocenters. The molecule has 0 aliphatic carbocycles. The molecule has 2 rings (SSSR count). The highest BCUT2D eigenvalue weighted by Crippen LogP contribution is 2.42. The Morgan fingerprint density at radius 2 is 1.79 bits per heavy atom. The molecule has 0 aliphatic rings. The molecule has 0 bridgehead atoms. The Hall–Kier alpha value is -0.650. The molecule has 0 amide bonds. The number of alkyl halides is 1. The first kappa shape index (κ1) is 14.8. The van der Waals surface area contributed by atoms with Gasteiger partial charge in [0.2, 0.25) is 0 Å². The molecule has 0 spiro atoms. The van der Waals surface area contributed by atoms with Crippen molar-refractivity contribution in [1.29, 1.82) is 0 Å². The first-order valence-electron chi connectivity index (χ1n) is 5.37. The molecule has 1 aromatic heterocycles. The predicted octanol–water partition coefficient (Wildman–Crippen LogP) is 5.20. The standard InChI is InChI=1S/C13H11Br2ClO3/c1-17-10-5-7(8(14)6-11(10)18-2)13(15)9-3-4-12(16)19-9/h3-6,13H,1-2H3. The van der Waals surface area contributed by atoms with E-state index in [1.165, 1.54) is 0 Å². The summed E-state index contributed by atoms with van der Waals surface area (Å²) in [7, 11) is 3.20. The fourth-order valence-corrected chi connectivity index (χ4v) is 3.32. The maximum Gasteiger partial charge on any atom is 0.193 e. The van der Waals surface area contributed by atoms with Crippen LogP contribution in [0.2, 0.25) is 5.22 Å². The van der Waals surface area contributed by atoms with E-state index in [2.05, 4.69) is 31.9 Å². The topological polar surface area (TPSA) is 31.6 Å². The van der Waals surface area contributed by atoms with Gasteiger partial charge in [-0.3, -0.25) is 0 Å². The van der Waals surface area contributed by atoms with Crippen molar-refractivity contribution in [3.8, 4) is 11.5 Å². The van der Waals surface area contributed by atoms with Crippen LogP contribution in [0.5, 0.6) is 11.5 Å². The lowest BCUT2D eigenvalue weighted by Crippen LogP contribution is -1.97. The van der Waals surface area contributed by atoms with E-state index < -0.39 is 0 Å². The summed E-state index contributed by atoms with van der Waals surface area (Å²) < 4.78 is 16.8. The number of furan rings is 1. The molecule has 0 N–H and O–H groups in total. The zero-order valence-electron chi connectivity index (χ0n) is 10.2. The zero-order chi connectivity index (χ0) is 14.0. The highest BCUT2D eigenvalue weighted by molar-refractivity contribution is 9.11.